The summed E-state index contributed by atoms with van der Waals surface area (Å²) in [6.45, 7) is 3.04. The summed E-state index contributed by atoms with van der Waals surface area (Å²) in [7, 11) is 0. The highest BCUT2D eigenvalue weighted by Gasteiger charge is 2.20. The molecular weight excluding hydrogens is 254 g/mol. The molecular formula is C12H17NO6. The highest BCUT2D eigenvalue weighted by Crippen LogP contribution is 2.07. The molecule has 0 radical (unpaired) electrons. The summed E-state index contributed by atoms with van der Waals surface area (Å²) in [5.41, 5.74) is -0.356. The van der Waals surface area contributed by atoms with Crippen molar-refractivity contribution in [2.24, 2.45) is 0 Å². The van der Waals surface area contributed by atoms with Crippen molar-refractivity contribution in [1.82, 2.24) is 4.90 Å². The molecule has 0 aliphatic heterocycles. The van der Waals surface area contributed by atoms with Gasteiger partial charge < -0.3 is 10.2 Å². The summed E-state index contributed by atoms with van der Waals surface area (Å²) < 4.78 is 0. The predicted octanol–water partition coefficient (Wildman–Crippen LogP) is 0.647. The quantitative estimate of drug-likeness (QED) is 0.657. The number of hydrogen-bond donors (Lipinski definition) is 2. The zero-order valence-electron chi connectivity index (χ0n) is 10.9. The Morgan fingerprint density at radius 1 is 1.00 bits per heavy atom. The fourth-order valence-corrected chi connectivity index (χ4v) is 1.39. The van der Waals surface area contributed by atoms with Gasteiger partial charge in [0.1, 0.15) is 0 Å². The van der Waals surface area contributed by atoms with Crippen molar-refractivity contribution >= 4 is 23.8 Å². The number of nitrogens with zero attached hydrogens (tertiary/aromatic N) is 1. The summed E-state index contributed by atoms with van der Waals surface area (Å²) in [5.74, 6) is -3.58. The van der Waals surface area contributed by atoms with Crippen molar-refractivity contribution < 1.29 is 29.4 Å². The second kappa shape index (κ2) is 8.02. The van der Waals surface area contributed by atoms with Crippen LogP contribution in [0.15, 0.2) is 11.6 Å². The molecule has 0 fully saturated rings. The van der Waals surface area contributed by atoms with Crippen LogP contribution < -0.4 is 0 Å². The Morgan fingerprint density at radius 3 is 1.79 bits per heavy atom. The van der Waals surface area contributed by atoms with Crippen molar-refractivity contribution in [3.05, 3.63) is 11.6 Å². The molecule has 0 aliphatic carbocycles. The van der Waals surface area contributed by atoms with Gasteiger partial charge in [0.05, 0.1) is 0 Å². The molecule has 0 aromatic rings. The van der Waals surface area contributed by atoms with Crippen molar-refractivity contribution in [1.29, 1.82) is 0 Å². The molecule has 0 spiro atoms. The molecule has 0 bridgehead atoms. The SMILES string of the molecule is CCC(=O)N(CC/C(=C\C(=O)O)C(=O)O)C(=O)CC. The van der Waals surface area contributed by atoms with E-state index in [1.807, 2.05) is 0 Å². The second-order valence-electron chi connectivity index (χ2n) is 3.71. The molecule has 0 aliphatic rings. The molecule has 0 unspecified atom stereocenters. The average Bonchev–Trinajstić information content (AvgIpc) is 2.35. The van der Waals surface area contributed by atoms with E-state index in [-0.39, 0.29) is 31.4 Å². The van der Waals surface area contributed by atoms with E-state index in [0.29, 0.717) is 6.08 Å². The Morgan fingerprint density at radius 2 is 1.47 bits per heavy atom. The van der Waals surface area contributed by atoms with E-state index in [2.05, 4.69) is 0 Å². The van der Waals surface area contributed by atoms with Crippen molar-refractivity contribution in [2.75, 3.05) is 6.54 Å². The van der Waals surface area contributed by atoms with Crippen LogP contribution in [0.3, 0.4) is 0 Å². The molecule has 2 N–H and O–H groups in total. The van der Waals surface area contributed by atoms with Gasteiger partial charge in [0.25, 0.3) is 0 Å². The molecule has 0 saturated carbocycles. The Bertz CT molecular complexity index is 396. The van der Waals surface area contributed by atoms with Crippen LogP contribution in [0.4, 0.5) is 0 Å². The summed E-state index contributed by atoms with van der Waals surface area (Å²) >= 11 is 0. The molecule has 0 aromatic carbocycles. The number of carboxylic acid groups (broad SMARTS) is 2. The van der Waals surface area contributed by atoms with Gasteiger partial charge in [-0.15, -0.1) is 0 Å². The van der Waals surface area contributed by atoms with Crippen LogP contribution in [-0.4, -0.2) is 45.4 Å². The van der Waals surface area contributed by atoms with Crippen LogP contribution in [0.5, 0.6) is 0 Å². The number of amides is 2. The van der Waals surface area contributed by atoms with Gasteiger partial charge >= 0.3 is 11.9 Å². The monoisotopic (exact) mass is 271 g/mol. The lowest BCUT2D eigenvalue weighted by Gasteiger charge is -2.19. The third-order valence-corrected chi connectivity index (χ3v) is 2.38. The largest absolute Gasteiger partial charge is 0.478 e. The van der Waals surface area contributed by atoms with Gasteiger partial charge in [-0.3, -0.25) is 14.5 Å². The lowest BCUT2D eigenvalue weighted by Crippen LogP contribution is -2.37. The molecule has 0 aromatic heterocycles. The number of carbonyl (C=O) groups is 4. The first-order valence-electron chi connectivity index (χ1n) is 5.83. The fraction of sp³-hybridized carbons (Fsp3) is 0.500. The minimum atomic E-state index is -1.38. The van der Waals surface area contributed by atoms with Gasteiger partial charge in [0.15, 0.2) is 0 Å². The maximum Gasteiger partial charge on any atom is 0.331 e. The van der Waals surface area contributed by atoms with Gasteiger partial charge in [-0.2, -0.15) is 0 Å². The summed E-state index contributed by atoms with van der Waals surface area (Å²) in [4.78, 5) is 45.3. The molecule has 7 nitrogen and oxygen atoms in total. The predicted molar refractivity (Wildman–Crippen MR) is 65.3 cm³/mol. The highest BCUT2D eigenvalue weighted by atomic mass is 16.4. The molecule has 0 rings (SSSR count). The lowest BCUT2D eigenvalue weighted by molar-refractivity contribution is -0.145. The zero-order valence-corrected chi connectivity index (χ0v) is 10.9. The molecule has 0 saturated heterocycles. The minimum Gasteiger partial charge on any atom is -0.478 e. The van der Waals surface area contributed by atoms with Gasteiger partial charge in [-0.25, -0.2) is 9.59 Å². The van der Waals surface area contributed by atoms with Crippen molar-refractivity contribution in [3.8, 4) is 0 Å². The van der Waals surface area contributed by atoms with E-state index < -0.39 is 23.8 Å². The van der Waals surface area contributed by atoms with E-state index in [4.69, 9.17) is 10.2 Å². The Balaban J connectivity index is 4.87. The van der Waals surface area contributed by atoms with Crippen LogP contribution in [0, 0.1) is 0 Å². The van der Waals surface area contributed by atoms with Crippen molar-refractivity contribution in [3.63, 3.8) is 0 Å². The molecule has 106 valence electrons. The average molecular weight is 271 g/mol. The number of carbonyl (C=O) groups excluding carboxylic acids is 2. The summed E-state index contributed by atoms with van der Waals surface area (Å²) in [6.07, 6.45) is 0.611. The van der Waals surface area contributed by atoms with E-state index in [1.165, 1.54) is 0 Å². The van der Waals surface area contributed by atoms with Crippen LogP contribution in [-0.2, 0) is 19.2 Å². The van der Waals surface area contributed by atoms with Crippen LogP contribution >= 0.6 is 0 Å². The first-order valence-corrected chi connectivity index (χ1v) is 5.83. The van der Waals surface area contributed by atoms with E-state index >= 15 is 0 Å². The Hall–Kier alpha value is -2.18. The number of rotatable bonds is 7. The van der Waals surface area contributed by atoms with Crippen molar-refractivity contribution in [2.45, 2.75) is 33.1 Å². The lowest BCUT2D eigenvalue weighted by atomic mass is 10.1. The molecule has 0 heterocycles. The second-order valence-corrected chi connectivity index (χ2v) is 3.71. The number of carboxylic acids is 2. The maximum atomic E-state index is 11.5. The molecule has 19 heavy (non-hydrogen) atoms. The fourth-order valence-electron chi connectivity index (χ4n) is 1.39. The van der Waals surface area contributed by atoms with Crippen LogP contribution in [0.25, 0.3) is 0 Å². The Labute approximate surface area is 110 Å². The summed E-state index contributed by atoms with van der Waals surface area (Å²) in [6, 6.07) is 0. The van der Waals surface area contributed by atoms with Crippen LogP contribution in [0.1, 0.15) is 33.1 Å². The zero-order chi connectivity index (χ0) is 15.0. The maximum absolute atomic E-state index is 11.5. The number of hydrogen-bond acceptors (Lipinski definition) is 4. The van der Waals surface area contributed by atoms with Crippen LogP contribution in [0.2, 0.25) is 0 Å². The number of imide groups is 1. The highest BCUT2D eigenvalue weighted by molar-refractivity contribution is 5.96. The Kier molecular flexibility index (Phi) is 7.10. The van der Waals surface area contributed by atoms with E-state index in [1.54, 1.807) is 13.8 Å². The van der Waals surface area contributed by atoms with Gasteiger partial charge in [-0.05, 0) is 6.42 Å². The smallest absolute Gasteiger partial charge is 0.331 e. The van der Waals surface area contributed by atoms with Gasteiger partial charge in [0.2, 0.25) is 11.8 Å². The molecule has 7 heteroatoms. The third-order valence-electron chi connectivity index (χ3n) is 2.38. The standard InChI is InChI=1S/C12H17NO6/c1-3-9(14)13(10(15)4-2)6-5-8(12(18)19)7-11(16)17/h7H,3-6H2,1-2H3,(H,16,17)(H,18,19)/b8-7+. The van der Waals surface area contributed by atoms with Gasteiger partial charge in [-0.1, -0.05) is 13.8 Å². The van der Waals surface area contributed by atoms with E-state index in [9.17, 15) is 19.2 Å². The molecule has 2 amide bonds. The topological polar surface area (TPSA) is 112 Å². The number of aliphatic carboxylic acids is 2. The minimum absolute atomic E-state index is 0.122. The van der Waals surface area contributed by atoms with E-state index in [0.717, 1.165) is 4.90 Å². The first kappa shape index (κ1) is 16.8. The molecule has 0 atom stereocenters. The van der Waals surface area contributed by atoms with Gasteiger partial charge in [0, 0.05) is 31.0 Å². The summed E-state index contributed by atoms with van der Waals surface area (Å²) in [5, 5.41) is 17.3. The first-order chi connectivity index (χ1) is 8.83. The normalized spacial score (nSPS) is 10.9. The third kappa shape index (κ3) is 5.80.